The van der Waals surface area contributed by atoms with Crippen LogP contribution < -0.4 is 16.2 Å². The SMILES string of the molecule is Cc1c(NN)ncnc1N(C)c1ccccc1F. The summed E-state index contributed by atoms with van der Waals surface area (Å²) in [5.74, 6) is 6.17. The Balaban J connectivity index is 2.47. The highest BCUT2D eigenvalue weighted by molar-refractivity contribution is 5.66. The van der Waals surface area contributed by atoms with Crippen molar-refractivity contribution in [2.45, 2.75) is 6.92 Å². The molecular weight excluding hydrogens is 233 g/mol. The zero-order valence-corrected chi connectivity index (χ0v) is 10.2. The first-order chi connectivity index (χ1) is 8.65. The van der Waals surface area contributed by atoms with Gasteiger partial charge in [0.05, 0.1) is 5.69 Å². The minimum atomic E-state index is -0.305. The van der Waals surface area contributed by atoms with Gasteiger partial charge in [0, 0.05) is 12.6 Å². The van der Waals surface area contributed by atoms with Crippen molar-refractivity contribution in [3.05, 3.63) is 42.0 Å². The van der Waals surface area contributed by atoms with Crippen molar-refractivity contribution in [3.63, 3.8) is 0 Å². The maximum atomic E-state index is 13.7. The number of benzene rings is 1. The van der Waals surface area contributed by atoms with Gasteiger partial charge in [0.25, 0.3) is 0 Å². The van der Waals surface area contributed by atoms with Gasteiger partial charge in [-0.1, -0.05) is 12.1 Å². The molecule has 18 heavy (non-hydrogen) atoms. The molecule has 94 valence electrons. The van der Waals surface area contributed by atoms with Gasteiger partial charge in [-0.25, -0.2) is 20.2 Å². The van der Waals surface area contributed by atoms with Crippen molar-refractivity contribution in [2.24, 2.45) is 5.84 Å². The molecule has 0 amide bonds. The summed E-state index contributed by atoms with van der Waals surface area (Å²) in [7, 11) is 1.74. The lowest BCUT2D eigenvalue weighted by Crippen LogP contribution is -2.17. The van der Waals surface area contributed by atoms with Gasteiger partial charge in [0.15, 0.2) is 0 Å². The van der Waals surface area contributed by atoms with Crippen molar-refractivity contribution >= 4 is 17.3 Å². The Labute approximate surface area is 104 Å². The van der Waals surface area contributed by atoms with Crippen molar-refractivity contribution < 1.29 is 4.39 Å². The highest BCUT2D eigenvalue weighted by atomic mass is 19.1. The van der Waals surface area contributed by atoms with Gasteiger partial charge in [0.2, 0.25) is 0 Å². The molecule has 0 saturated carbocycles. The molecule has 1 aromatic heterocycles. The average Bonchev–Trinajstić information content (AvgIpc) is 2.39. The Morgan fingerprint density at radius 3 is 2.67 bits per heavy atom. The fourth-order valence-electron chi connectivity index (χ4n) is 1.76. The second-order valence-electron chi connectivity index (χ2n) is 3.83. The standard InChI is InChI=1S/C12H14FN5/c1-8-11(17-14)15-7-16-12(8)18(2)10-6-4-3-5-9(10)13/h3-7H,14H2,1-2H3,(H,15,16,17). The Morgan fingerprint density at radius 2 is 2.00 bits per heavy atom. The number of para-hydroxylation sites is 1. The first kappa shape index (κ1) is 12.3. The number of anilines is 3. The summed E-state index contributed by atoms with van der Waals surface area (Å²) < 4.78 is 13.7. The third-order valence-corrected chi connectivity index (χ3v) is 2.73. The lowest BCUT2D eigenvalue weighted by Gasteiger charge is -2.21. The van der Waals surface area contributed by atoms with E-state index in [9.17, 15) is 4.39 Å². The van der Waals surface area contributed by atoms with E-state index in [0.29, 0.717) is 17.3 Å². The molecule has 5 nitrogen and oxygen atoms in total. The fraction of sp³-hybridized carbons (Fsp3) is 0.167. The highest BCUT2D eigenvalue weighted by Gasteiger charge is 2.14. The third kappa shape index (κ3) is 2.10. The van der Waals surface area contributed by atoms with Crippen molar-refractivity contribution in [3.8, 4) is 0 Å². The van der Waals surface area contributed by atoms with Crippen LogP contribution in [0.15, 0.2) is 30.6 Å². The number of hydrogen-bond acceptors (Lipinski definition) is 5. The minimum absolute atomic E-state index is 0.305. The summed E-state index contributed by atoms with van der Waals surface area (Å²) >= 11 is 0. The van der Waals surface area contributed by atoms with Crippen LogP contribution in [0.1, 0.15) is 5.56 Å². The van der Waals surface area contributed by atoms with E-state index in [-0.39, 0.29) is 5.82 Å². The maximum absolute atomic E-state index is 13.7. The molecule has 0 radical (unpaired) electrons. The van der Waals surface area contributed by atoms with Gasteiger partial charge < -0.3 is 10.3 Å². The lowest BCUT2D eigenvalue weighted by molar-refractivity contribution is 0.627. The molecule has 0 spiro atoms. The molecule has 2 aromatic rings. The summed E-state index contributed by atoms with van der Waals surface area (Å²) in [6.07, 6.45) is 1.38. The van der Waals surface area contributed by atoms with E-state index in [1.165, 1.54) is 12.4 Å². The first-order valence-electron chi connectivity index (χ1n) is 5.41. The second-order valence-corrected chi connectivity index (χ2v) is 3.83. The number of hydrazine groups is 1. The molecule has 0 saturated heterocycles. The van der Waals surface area contributed by atoms with Gasteiger partial charge >= 0.3 is 0 Å². The number of nitrogen functional groups attached to an aromatic ring is 1. The quantitative estimate of drug-likeness (QED) is 0.641. The number of nitrogens with two attached hydrogens (primary N) is 1. The smallest absolute Gasteiger partial charge is 0.148 e. The number of rotatable bonds is 3. The predicted molar refractivity (Wildman–Crippen MR) is 69.0 cm³/mol. The van der Waals surface area contributed by atoms with E-state index in [0.717, 1.165) is 5.56 Å². The van der Waals surface area contributed by atoms with Crippen molar-refractivity contribution in [1.29, 1.82) is 0 Å². The zero-order valence-electron chi connectivity index (χ0n) is 10.2. The fourth-order valence-corrected chi connectivity index (χ4v) is 1.76. The number of hydrogen-bond donors (Lipinski definition) is 2. The summed E-state index contributed by atoms with van der Waals surface area (Å²) in [5.41, 5.74) is 3.69. The molecule has 6 heteroatoms. The van der Waals surface area contributed by atoms with E-state index in [2.05, 4.69) is 15.4 Å². The number of aromatic nitrogens is 2. The molecule has 2 rings (SSSR count). The highest BCUT2D eigenvalue weighted by Crippen LogP contribution is 2.28. The van der Waals surface area contributed by atoms with Gasteiger partial charge in [-0.3, -0.25) is 0 Å². The summed E-state index contributed by atoms with van der Waals surface area (Å²) in [4.78, 5) is 9.81. The molecule has 1 aromatic carbocycles. The van der Waals surface area contributed by atoms with Crippen LogP contribution in [0.4, 0.5) is 21.7 Å². The normalized spacial score (nSPS) is 10.2. The van der Waals surface area contributed by atoms with E-state index in [4.69, 9.17) is 5.84 Å². The predicted octanol–water partition coefficient (Wildman–Crippen LogP) is 1.98. The van der Waals surface area contributed by atoms with Crippen LogP contribution in [0.25, 0.3) is 0 Å². The number of nitrogens with zero attached hydrogens (tertiary/aromatic N) is 3. The van der Waals surface area contributed by atoms with Crippen LogP contribution in [-0.4, -0.2) is 17.0 Å². The summed E-state index contributed by atoms with van der Waals surface area (Å²) in [5, 5.41) is 0. The van der Waals surface area contributed by atoms with Crippen LogP contribution in [-0.2, 0) is 0 Å². The molecule has 1 heterocycles. The van der Waals surface area contributed by atoms with E-state index < -0.39 is 0 Å². The molecule has 0 aliphatic rings. The monoisotopic (exact) mass is 247 g/mol. The number of nitrogens with one attached hydrogen (secondary N) is 1. The molecule has 0 aliphatic heterocycles. The number of halogens is 1. The van der Waals surface area contributed by atoms with Crippen LogP contribution in [0.3, 0.4) is 0 Å². The maximum Gasteiger partial charge on any atom is 0.148 e. The Hall–Kier alpha value is -2.21. The summed E-state index contributed by atoms with van der Waals surface area (Å²) in [6.45, 7) is 1.82. The van der Waals surface area contributed by atoms with E-state index in [1.54, 1.807) is 30.1 Å². The van der Waals surface area contributed by atoms with Crippen LogP contribution >= 0.6 is 0 Å². The van der Waals surface area contributed by atoms with E-state index >= 15 is 0 Å². The molecule has 0 bridgehead atoms. The average molecular weight is 247 g/mol. The first-order valence-corrected chi connectivity index (χ1v) is 5.41. The lowest BCUT2D eigenvalue weighted by atomic mass is 10.2. The molecular formula is C12H14FN5. The van der Waals surface area contributed by atoms with Gasteiger partial charge in [0.1, 0.15) is 23.8 Å². The van der Waals surface area contributed by atoms with Crippen molar-refractivity contribution in [2.75, 3.05) is 17.4 Å². The molecule has 0 aliphatic carbocycles. The third-order valence-electron chi connectivity index (χ3n) is 2.73. The molecule has 0 unspecified atom stereocenters. The van der Waals surface area contributed by atoms with Crippen LogP contribution in [0, 0.1) is 12.7 Å². The summed E-state index contributed by atoms with van der Waals surface area (Å²) in [6, 6.07) is 6.51. The Morgan fingerprint density at radius 1 is 1.28 bits per heavy atom. The van der Waals surface area contributed by atoms with Crippen LogP contribution in [0.5, 0.6) is 0 Å². The topological polar surface area (TPSA) is 67.1 Å². The van der Waals surface area contributed by atoms with Crippen LogP contribution in [0.2, 0.25) is 0 Å². The molecule has 0 fully saturated rings. The Bertz CT molecular complexity index is 558. The van der Waals surface area contributed by atoms with Gasteiger partial charge in [-0.15, -0.1) is 0 Å². The van der Waals surface area contributed by atoms with Crippen molar-refractivity contribution in [1.82, 2.24) is 9.97 Å². The zero-order chi connectivity index (χ0) is 13.1. The van der Waals surface area contributed by atoms with Gasteiger partial charge in [-0.05, 0) is 19.1 Å². The van der Waals surface area contributed by atoms with E-state index in [1.807, 2.05) is 6.92 Å². The minimum Gasteiger partial charge on any atom is -0.327 e. The largest absolute Gasteiger partial charge is 0.327 e. The Kier molecular flexibility index (Phi) is 3.38. The molecule has 0 atom stereocenters. The van der Waals surface area contributed by atoms with Gasteiger partial charge in [-0.2, -0.15) is 0 Å². The second kappa shape index (κ2) is 4.97. The molecule has 3 N–H and O–H groups in total.